The van der Waals surface area contributed by atoms with E-state index in [1.54, 1.807) is 17.0 Å². The number of carbonyl (C=O) groups excluding carboxylic acids is 2. The van der Waals surface area contributed by atoms with Crippen molar-refractivity contribution in [3.63, 3.8) is 0 Å². The Kier molecular flexibility index (Phi) is 4.70. The Balaban J connectivity index is 1.74. The molecule has 6 nitrogen and oxygen atoms in total. The number of hydrogen-bond acceptors (Lipinski definition) is 3. The molecule has 25 heavy (non-hydrogen) atoms. The molecule has 1 aliphatic rings. The number of amides is 3. The zero-order valence-corrected chi connectivity index (χ0v) is 14.5. The van der Waals surface area contributed by atoms with E-state index in [2.05, 4.69) is 36.3 Å². The van der Waals surface area contributed by atoms with Crippen molar-refractivity contribution in [2.75, 3.05) is 11.9 Å². The number of primary amides is 1. The third-order valence-corrected chi connectivity index (χ3v) is 4.45. The minimum atomic E-state index is -0.621. The van der Waals surface area contributed by atoms with Crippen molar-refractivity contribution in [1.82, 2.24) is 9.88 Å². The van der Waals surface area contributed by atoms with Gasteiger partial charge < -0.3 is 10.6 Å². The first kappa shape index (κ1) is 17.0. The van der Waals surface area contributed by atoms with E-state index in [4.69, 9.17) is 5.73 Å². The van der Waals surface area contributed by atoms with Crippen LogP contribution in [0.25, 0.3) is 0 Å². The van der Waals surface area contributed by atoms with Crippen LogP contribution in [0.4, 0.5) is 10.6 Å². The number of aromatic nitrogens is 1. The van der Waals surface area contributed by atoms with Gasteiger partial charge in [0.25, 0.3) is 5.91 Å². The smallest absolute Gasteiger partial charge is 0.323 e. The Morgan fingerprint density at radius 3 is 2.68 bits per heavy atom. The van der Waals surface area contributed by atoms with E-state index in [1.165, 1.54) is 22.8 Å². The van der Waals surface area contributed by atoms with Crippen LogP contribution in [-0.4, -0.2) is 28.4 Å². The molecule has 0 spiro atoms. The number of carbonyl (C=O) groups is 2. The topological polar surface area (TPSA) is 88.3 Å². The largest absolute Gasteiger partial charge is 0.364 e. The van der Waals surface area contributed by atoms with E-state index < -0.39 is 5.91 Å². The van der Waals surface area contributed by atoms with E-state index in [0.717, 1.165) is 6.42 Å². The summed E-state index contributed by atoms with van der Waals surface area (Å²) < 4.78 is 0. The number of nitrogens with one attached hydrogen (secondary N) is 1. The van der Waals surface area contributed by atoms with Crippen molar-refractivity contribution in [3.05, 3.63) is 58.8 Å². The van der Waals surface area contributed by atoms with E-state index in [-0.39, 0.29) is 11.7 Å². The average molecular weight is 338 g/mol. The lowest BCUT2D eigenvalue weighted by atomic mass is 9.89. The molecule has 0 bridgehead atoms. The molecule has 2 heterocycles. The molecule has 3 amide bonds. The van der Waals surface area contributed by atoms with Gasteiger partial charge in [0.05, 0.1) is 0 Å². The molecule has 0 unspecified atom stereocenters. The van der Waals surface area contributed by atoms with Crippen molar-refractivity contribution >= 4 is 17.8 Å². The van der Waals surface area contributed by atoms with Gasteiger partial charge >= 0.3 is 6.03 Å². The first-order valence-corrected chi connectivity index (χ1v) is 8.39. The highest BCUT2D eigenvalue weighted by Gasteiger charge is 2.23. The highest BCUT2D eigenvalue weighted by molar-refractivity contribution is 5.92. The molecule has 0 fully saturated rings. The highest BCUT2D eigenvalue weighted by atomic mass is 16.2. The quantitative estimate of drug-likeness (QED) is 0.902. The molecule has 6 heteroatoms. The second-order valence-electron chi connectivity index (χ2n) is 6.51. The Morgan fingerprint density at radius 2 is 1.96 bits per heavy atom. The number of rotatable bonds is 3. The van der Waals surface area contributed by atoms with E-state index >= 15 is 0 Å². The number of anilines is 1. The Labute approximate surface area is 147 Å². The maximum atomic E-state index is 12.5. The highest BCUT2D eigenvalue weighted by Crippen LogP contribution is 2.27. The molecule has 1 aromatic heterocycles. The SMILES string of the molecule is CC(C)c1cccc2c1CCN(C(=O)Nc1cccc(C(N)=O)n1)C2. The molecule has 130 valence electrons. The van der Waals surface area contributed by atoms with Crippen molar-refractivity contribution in [1.29, 1.82) is 0 Å². The summed E-state index contributed by atoms with van der Waals surface area (Å²) in [6, 6.07) is 10.9. The third-order valence-electron chi connectivity index (χ3n) is 4.45. The van der Waals surface area contributed by atoms with E-state index in [9.17, 15) is 9.59 Å². The van der Waals surface area contributed by atoms with E-state index in [1.807, 2.05) is 6.07 Å². The lowest BCUT2D eigenvalue weighted by molar-refractivity contribution is 0.0995. The normalized spacial score (nSPS) is 13.5. The number of hydrogen-bond donors (Lipinski definition) is 2. The molecule has 1 aliphatic heterocycles. The molecule has 1 aromatic carbocycles. The molecule has 0 saturated heterocycles. The van der Waals surface area contributed by atoms with Gasteiger partial charge in [-0.1, -0.05) is 38.1 Å². The molecule has 0 radical (unpaired) electrons. The van der Waals surface area contributed by atoms with Crippen molar-refractivity contribution in [2.24, 2.45) is 5.73 Å². The summed E-state index contributed by atoms with van der Waals surface area (Å²) >= 11 is 0. The monoisotopic (exact) mass is 338 g/mol. The summed E-state index contributed by atoms with van der Waals surface area (Å²) in [5.41, 5.74) is 9.25. The molecule has 0 aliphatic carbocycles. The Morgan fingerprint density at radius 1 is 1.20 bits per heavy atom. The van der Waals surface area contributed by atoms with Crippen LogP contribution >= 0.6 is 0 Å². The standard InChI is InChI=1S/C19H22N4O2/c1-12(2)14-6-3-5-13-11-23(10-9-15(13)14)19(25)22-17-8-4-7-16(21-17)18(20)24/h3-8,12H,9-11H2,1-2H3,(H2,20,24)(H,21,22,25). The van der Waals surface area contributed by atoms with Crippen LogP contribution in [0.1, 0.15) is 46.9 Å². The minimum absolute atomic E-state index is 0.128. The van der Waals surface area contributed by atoms with Gasteiger partial charge in [0.1, 0.15) is 11.5 Å². The van der Waals surface area contributed by atoms with Crippen molar-refractivity contribution in [3.8, 4) is 0 Å². The van der Waals surface area contributed by atoms with Crippen LogP contribution in [0.15, 0.2) is 36.4 Å². The zero-order chi connectivity index (χ0) is 18.0. The lowest BCUT2D eigenvalue weighted by Gasteiger charge is -2.30. The maximum Gasteiger partial charge on any atom is 0.323 e. The predicted octanol–water partition coefficient (Wildman–Crippen LogP) is 2.89. The van der Waals surface area contributed by atoms with Crippen molar-refractivity contribution < 1.29 is 9.59 Å². The molecule has 3 N–H and O–H groups in total. The number of nitrogens with zero attached hydrogens (tertiary/aromatic N) is 2. The summed E-state index contributed by atoms with van der Waals surface area (Å²) in [5.74, 6) is 0.170. The first-order valence-electron chi connectivity index (χ1n) is 8.39. The number of nitrogens with two attached hydrogens (primary N) is 1. The van der Waals surface area contributed by atoms with Gasteiger partial charge in [-0.3, -0.25) is 10.1 Å². The van der Waals surface area contributed by atoms with Crippen LogP contribution in [0, 0.1) is 0 Å². The Bertz CT molecular complexity index is 817. The molecule has 3 rings (SSSR count). The zero-order valence-electron chi connectivity index (χ0n) is 14.5. The molecule has 0 atom stereocenters. The minimum Gasteiger partial charge on any atom is -0.364 e. The summed E-state index contributed by atoms with van der Waals surface area (Å²) in [4.78, 5) is 29.5. The van der Waals surface area contributed by atoms with Gasteiger partial charge in [0.2, 0.25) is 0 Å². The van der Waals surface area contributed by atoms with Crippen LogP contribution in [0.5, 0.6) is 0 Å². The Hall–Kier alpha value is -2.89. The van der Waals surface area contributed by atoms with Gasteiger partial charge in [-0.2, -0.15) is 0 Å². The molecule has 0 saturated carbocycles. The summed E-state index contributed by atoms with van der Waals surface area (Å²) in [6.45, 7) is 5.59. The molecule has 2 aromatic rings. The lowest BCUT2D eigenvalue weighted by Crippen LogP contribution is -2.39. The van der Waals surface area contributed by atoms with Crippen LogP contribution in [0.2, 0.25) is 0 Å². The van der Waals surface area contributed by atoms with Gasteiger partial charge in [-0.15, -0.1) is 0 Å². The fourth-order valence-electron chi connectivity index (χ4n) is 3.18. The summed E-state index contributed by atoms with van der Waals surface area (Å²) in [6.07, 6.45) is 0.839. The number of fused-ring (bicyclic) bond motifs is 1. The predicted molar refractivity (Wildman–Crippen MR) is 96.4 cm³/mol. The number of benzene rings is 1. The number of pyridine rings is 1. The van der Waals surface area contributed by atoms with Gasteiger partial charge in [-0.25, -0.2) is 9.78 Å². The van der Waals surface area contributed by atoms with E-state index in [0.29, 0.717) is 24.8 Å². The molecular weight excluding hydrogens is 316 g/mol. The fourth-order valence-corrected chi connectivity index (χ4v) is 3.18. The van der Waals surface area contributed by atoms with Crippen LogP contribution in [0.3, 0.4) is 0 Å². The average Bonchev–Trinajstić information content (AvgIpc) is 2.60. The second-order valence-corrected chi connectivity index (χ2v) is 6.51. The molecular formula is C19H22N4O2. The summed E-state index contributed by atoms with van der Waals surface area (Å²) in [5, 5.41) is 2.74. The second kappa shape index (κ2) is 6.93. The van der Waals surface area contributed by atoms with Crippen molar-refractivity contribution in [2.45, 2.75) is 32.7 Å². The van der Waals surface area contributed by atoms with Gasteiger partial charge in [0, 0.05) is 13.1 Å². The summed E-state index contributed by atoms with van der Waals surface area (Å²) in [7, 11) is 0. The van der Waals surface area contributed by atoms with Crippen LogP contribution in [-0.2, 0) is 13.0 Å². The van der Waals surface area contributed by atoms with Gasteiger partial charge in [0.15, 0.2) is 0 Å². The maximum absolute atomic E-state index is 12.5. The first-order chi connectivity index (χ1) is 12.0. The van der Waals surface area contributed by atoms with Gasteiger partial charge in [-0.05, 0) is 41.2 Å². The number of urea groups is 1. The fraction of sp³-hybridized carbons (Fsp3) is 0.316. The third kappa shape index (κ3) is 3.63. The van der Waals surface area contributed by atoms with Crippen LogP contribution < -0.4 is 11.1 Å².